The molecule has 1 aromatic rings. The van der Waals surface area contributed by atoms with Crippen LogP contribution in [0.3, 0.4) is 0 Å². The van der Waals surface area contributed by atoms with Gasteiger partial charge in [0, 0.05) is 5.56 Å². The molecule has 3 heterocycles. The summed E-state index contributed by atoms with van der Waals surface area (Å²) in [6, 6.07) is 6.10. The van der Waals surface area contributed by atoms with E-state index in [9.17, 15) is 9.18 Å². The van der Waals surface area contributed by atoms with Crippen LogP contribution < -0.4 is 5.43 Å². The van der Waals surface area contributed by atoms with Gasteiger partial charge in [-0.3, -0.25) is 4.79 Å². The van der Waals surface area contributed by atoms with Gasteiger partial charge in [0.15, 0.2) is 24.0 Å². The number of carbonyl (C=O) groups is 1. The van der Waals surface area contributed by atoms with Crippen molar-refractivity contribution in [2.24, 2.45) is 5.10 Å². The first-order chi connectivity index (χ1) is 13.2. The summed E-state index contributed by atoms with van der Waals surface area (Å²) in [5, 5.41) is 3.83. The standard InChI is InChI=1S/C19H23FN2O6/c1-18(2)25-12-13(26-18)15-17(28-19(3,4)27-15)24-14(12)16(23)22-21-9-10-7-5-6-8-11(10)20/h5-9,12-15,17H,1-4H3,(H,22,23)/b21-9-/t12-,13+,14-,15-,17+/m1/s1. The van der Waals surface area contributed by atoms with E-state index in [1.807, 2.05) is 0 Å². The van der Waals surface area contributed by atoms with Gasteiger partial charge in [-0.2, -0.15) is 5.10 Å². The minimum absolute atomic E-state index is 0.251. The third kappa shape index (κ3) is 3.68. The van der Waals surface area contributed by atoms with Crippen LogP contribution in [0, 0.1) is 5.82 Å². The van der Waals surface area contributed by atoms with Gasteiger partial charge in [-0.15, -0.1) is 0 Å². The fraction of sp³-hybridized carbons (Fsp3) is 0.579. The summed E-state index contributed by atoms with van der Waals surface area (Å²) in [4.78, 5) is 12.7. The minimum atomic E-state index is -1.02. The van der Waals surface area contributed by atoms with Crippen molar-refractivity contribution in [3.05, 3.63) is 35.6 Å². The number of hydrogen-bond donors (Lipinski definition) is 1. The second-order valence-electron chi connectivity index (χ2n) is 7.85. The summed E-state index contributed by atoms with van der Waals surface area (Å²) in [6.07, 6.45) is -2.33. The lowest BCUT2D eigenvalue weighted by molar-refractivity contribution is -0.231. The van der Waals surface area contributed by atoms with Gasteiger partial charge < -0.3 is 23.7 Å². The maximum Gasteiger partial charge on any atom is 0.272 e. The summed E-state index contributed by atoms with van der Waals surface area (Å²) in [5.74, 6) is -2.76. The van der Waals surface area contributed by atoms with Crippen LogP contribution in [0.1, 0.15) is 33.3 Å². The van der Waals surface area contributed by atoms with E-state index in [0.717, 1.165) is 0 Å². The predicted molar refractivity (Wildman–Crippen MR) is 94.7 cm³/mol. The smallest absolute Gasteiger partial charge is 0.272 e. The first-order valence-corrected chi connectivity index (χ1v) is 9.09. The quantitative estimate of drug-likeness (QED) is 0.620. The number of nitrogens with one attached hydrogen (secondary N) is 1. The van der Waals surface area contributed by atoms with Crippen molar-refractivity contribution in [1.29, 1.82) is 0 Å². The number of nitrogens with zero attached hydrogens (tertiary/aromatic N) is 1. The predicted octanol–water partition coefficient (Wildman–Crippen LogP) is 1.67. The number of ether oxygens (including phenoxy) is 5. The number of benzene rings is 1. The van der Waals surface area contributed by atoms with Crippen molar-refractivity contribution < 1.29 is 32.9 Å². The van der Waals surface area contributed by atoms with Crippen molar-refractivity contribution in [2.45, 2.75) is 70.0 Å². The van der Waals surface area contributed by atoms with E-state index in [1.165, 1.54) is 12.3 Å². The number of rotatable bonds is 3. The van der Waals surface area contributed by atoms with Crippen molar-refractivity contribution in [1.82, 2.24) is 5.43 Å². The highest BCUT2D eigenvalue weighted by atomic mass is 19.1. The van der Waals surface area contributed by atoms with Gasteiger partial charge in [-0.25, -0.2) is 9.82 Å². The molecule has 9 heteroatoms. The lowest BCUT2D eigenvalue weighted by Crippen LogP contribution is -2.59. The fourth-order valence-corrected chi connectivity index (χ4v) is 3.63. The van der Waals surface area contributed by atoms with Crippen LogP contribution in [0.2, 0.25) is 0 Å². The Bertz CT molecular complexity index is 798. The van der Waals surface area contributed by atoms with Gasteiger partial charge in [0.25, 0.3) is 5.91 Å². The molecule has 3 aliphatic heterocycles. The molecule has 1 amide bonds. The molecule has 4 rings (SSSR count). The van der Waals surface area contributed by atoms with E-state index in [0.29, 0.717) is 0 Å². The normalized spacial score (nSPS) is 35.5. The fourth-order valence-electron chi connectivity index (χ4n) is 3.63. The van der Waals surface area contributed by atoms with E-state index >= 15 is 0 Å². The third-order valence-electron chi connectivity index (χ3n) is 4.70. The molecule has 5 atom stereocenters. The number of hydrogen-bond acceptors (Lipinski definition) is 7. The average molecular weight is 394 g/mol. The molecular formula is C19H23FN2O6. The van der Waals surface area contributed by atoms with Crippen molar-refractivity contribution in [2.75, 3.05) is 0 Å². The summed E-state index contributed by atoms with van der Waals surface area (Å²) >= 11 is 0. The Labute approximate surface area is 161 Å². The SMILES string of the molecule is CC1(C)O[C@H]2[C@@H](O1)[C@H](C(=O)N/N=C\c1ccccc1F)O[C@H]1OC(C)(C)O[C@@H]12. The number of carbonyl (C=O) groups excluding carboxylic acids is 1. The molecule has 1 N–H and O–H groups in total. The highest BCUT2D eigenvalue weighted by Crippen LogP contribution is 2.44. The molecule has 1 aromatic carbocycles. The average Bonchev–Trinajstić information content (AvgIpc) is 3.09. The Balaban J connectivity index is 1.50. The largest absolute Gasteiger partial charge is 0.342 e. The molecule has 152 valence electrons. The Hall–Kier alpha value is -1.91. The van der Waals surface area contributed by atoms with E-state index in [2.05, 4.69) is 10.5 Å². The molecule has 0 spiro atoms. The highest BCUT2D eigenvalue weighted by molar-refractivity contribution is 5.85. The zero-order chi connectivity index (χ0) is 20.1. The molecule has 0 unspecified atom stereocenters. The maximum atomic E-state index is 13.7. The highest BCUT2D eigenvalue weighted by Gasteiger charge is 2.62. The molecule has 0 aliphatic carbocycles. The molecule has 3 saturated heterocycles. The first-order valence-electron chi connectivity index (χ1n) is 9.09. The van der Waals surface area contributed by atoms with E-state index in [1.54, 1.807) is 45.9 Å². The van der Waals surface area contributed by atoms with E-state index in [4.69, 9.17) is 23.7 Å². The molecular weight excluding hydrogens is 371 g/mol. The lowest BCUT2D eigenvalue weighted by Gasteiger charge is -2.36. The Morgan fingerprint density at radius 1 is 1.04 bits per heavy atom. The zero-order valence-corrected chi connectivity index (χ0v) is 16.0. The Kier molecular flexibility index (Phi) is 4.75. The Morgan fingerprint density at radius 3 is 2.43 bits per heavy atom. The second-order valence-corrected chi connectivity index (χ2v) is 7.85. The molecule has 3 fully saturated rings. The Morgan fingerprint density at radius 2 is 1.68 bits per heavy atom. The third-order valence-corrected chi connectivity index (χ3v) is 4.70. The maximum absolute atomic E-state index is 13.7. The zero-order valence-electron chi connectivity index (χ0n) is 16.0. The molecule has 0 radical (unpaired) electrons. The van der Waals surface area contributed by atoms with Gasteiger partial charge in [-0.05, 0) is 33.8 Å². The van der Waals surface area contributed by atoms with Crippen LogP contribution in [-0.2, 0) is 28.5 Å². The van der Waals surface area contributed by atoms with Crippen LogP contribution >= 0.6 is 0 Å². The molecule has 8 nitrogen and oxygen atoms in total. The molecule has 28 heavy (non-hydrogen) atoms. The number of fused-ring (bicyclic) bond motifs is 3. The van der Waals surface area contributed by atoms with Crippen LogP contribution in [0.5, 0.6) is 0 Å². The summed E-state index contributed by atoms with van der Waals surface area (Å²) in [5.41, 5.74) is 2.63. The van der Waals surface area contributed by atoms with Crippen LogP contribution in [0.15, 0.2) is 29.4 Å². The first kappa shape index (κ1) is 19.4. The molecule has 0 saturated carbocycles. The van der Waals surface area contributed by atoms with Gasteiger partial charge >= 0.3 is 0 Å². The van der Waals surface area contributed by atoms with Gasteiger partial charge in [-0.1, -0.05) is 18.2 Å². The van der Waals surface area contributed by atoms with E-state index < -0.39 is 54.0 Å². The van der Waals surface area contributed by atoms with Crippen LogP contribution in [-0.4, -0.2) is 54.4 Å². The second kappa shape index (κ2) is 6.85. The lowest BCUT2D eigenvalue weighted by atomic mass is 9.98. The minimum Gasteiger partial charge on any atom is -0.342 e. The molecule has 3 aliphatic rings. The topological polar surface area (TPSA) is 87.6 Å². The summed E-state index contributed by atoms with van der Waals surface area (Å²) in [7, 11) is 0. The number of halogens is 1. The molecule has 0 aromatic heterocycles. The van der Waals surface area contributed by atoms with Crippen molar-refractivity contribution in [3.63, 3.8) is 0 Å². The number of hydrazone groups is 1. The van der Waals surface area contributed by atoms with Gasteiger partial charge in [0.2, 0.25) is 0 Å². The van der Waals surface area contributed by atoms with Crippen LogP contribution in [0.4, 0.5) is 4.39 Å². The van der Waals surface area contributed by atoms with Crippen molar-refractivity contribution >= 4 is 12.1 Å². The van der Waals surface area contributed by atoms with Gasteiger partial charge in [0.05, 0.1) is 6.21 Å². The van der Waals surface area contributed by atoms with Crippen molar-refractivity contribution in [3.8, 4) is 0 Å². The number of amides is 1. The van der Waals surface area contributed by atoms with Gasteiger partial charge in [0.1, 0.15) is 24.1 Å². The summed E-state index contributed by atoms with van der Waals surface area (Å²) in [6.45, 7) is 7.04. The monoisotopic (exact) mass is 394 g/mol. The summed E-state index contributed by atoms with van der Waals surface area (Å²) < 4.78 is 43.0. The molecule has 0 bridgehead atoms. The van der Waals surface area contributed by atoms with E-state index in [-0.39, 0.29) is 5.56 Å². The van der Waals surface area contributed by atoms with Crippen LogP contribution in [0.25, 0.3) is 0 Å².